The Bertz CT molecular complexity index is 1280. The van der Waals surface area contributed by atoms with E-state index in [1.807, 2.05) is 74.2 Å². The second-order valence-electron chi connectivity index (χ2n) is 11.5. The average molecular weight is 578 g/mol. The number of carbonyl (C=O) groups excluding carboxylic acids is 1. The molecule has 38 heavy (non-hydrogen) atoms. The van der Waals surface area contributed by atoms with Crippen LogP contribution in [-0.4, -0.2) is 48.4 Å². The molecule has 2 fully saturated rings. The number of piperidine rings is 1. The number of likely N-dealkylation sites (tertiary alicyclic amines) is 1. The van der Waals surface area contributed by atoms with Gasteiger partial charge in [-0.3, -0.25) is 4.79 Å². The fraction of sp³-hybridized carbons (Fsp3) is 0.500. The largest absolute Gasteiger partial charge is 0.330 e. The summed E-state index contributed by atoms with van der Waals surface area (Å²) in [6.45, 7) is 10.0. The van der Waals surface area contributed by atoms with E-state index in [2.05, 4.69) is 12.6 Å². The predicted molar refractivity (Wildman–Crippen MR) is 156 cm³/mol. The van der Waals surface area contributed by atoms with E-state index in [0.717, 1.165) is 24.0 Å². The van der Waals surface area contributed by atoms with Crippen molar-refractivity contribution in [2.24, 2.45) is 11.3 Å². The molecule has 1 saturated heterocycles. The van der Waals surface area contributed by atoms with E-state index in [9.17, 15) is 13.2 Å². The summed E-state index contributed by atoms with van der Waals surface area (Å²) in [5.41, 5.74) is 1.36. The molecule has 0 N–H and O–H groups in total. The fourth-order valence-electron chi connectivity index (χ4n) is 6.11. The highest BCUT2D eigenvalue weighted by molar-refractivity contribution is 7.88. The van der Waals surface area contributed by atoms with Gasteiger partial charge in [0.25, 0.3) is 0 Å². The summed E-state index contributed by atoms with van der Waals surface area (Å²) in [5.74, 6) is 0.233. The fourth-order valence-corrected chi connectivity index (χ4v) is 7.63. The third-order valence-electron chi connectivity index (χ3n) is 8.08. The highest BCUT2D eigenvalue weighted by atomic mass is 35.5. The smallest absolute Gasteiger partial charge is 0.229 e. The van der Waals surface area contributed by atoms with Crippen LogP contribution in [0.1, 0.15) is 69.5 Å². The lowest BCUT2D eigenvalue weighted by Gasteiger charge is -2.53. The third kappa shape index (κ3) is 6.14. The summed E-state index contributed by atoms with van der Waals surface area (Å²) in [6, 6.07) is 14.8. The number of allylic oxidation sites excluding steroid dienone is 1. The topological polar surface area (TPSA) is 57.7 Å². The van der Waals surface area contributed by atoms with Crippen LogP contribution in [0.5, 0.6) is 0 Å². The maximum Gasteiger partial charge on any atom is 0.229 e. The minimum absolute atomic E-state index is 0.0461. The summed E-state index contributed by atoms with van der Waals surface area (Å²) >= 11 is 12.7. The van der Waals surface area contributed by atoms with E-state index < -0.39 is 15.4 Å². The quantitative estimate of drug-likeness (QED) is 0.284. The SMILES string of the molecule is C=CC[C@@]1(C)C[C@H](c2cccc(Cl)c2)C(c2ccc(Cl)cc2)N(C(CN(C(C)C)S(C)(=O)=O)C2CC2)C1=O. The van der Waals surface area contributed by atoms with Gasteiger partial charge in [-0.25, -0.2) is 8.42 Å². The van der Waals surface area contributed by atoms with Crippen molar-refractivity contribution in [2.45, 2.75) is 70.5 Å². The van der Waals surface area contributed by atoms with Crippen LogP contribution in [0.25, 0.3) is 0 Å². The summed E-state index contributed by atoms with van der Waals surface area (Å²) in [6.07, 6.45) is 6.16. The highest BCUT2D eigenvalue weighted by Crippen LogP contribution is 2.54. The Morgan fingerprint density at radius 3 is 2.29 bits per heavy atom. The number of halogens is 2. The molecule has 1 heterocycles. The maximum absolute atomic E-state index is 14.6. The Morgan fingerprint density at radius 2 is 1.76 bits per heavy atom. The van der Waals surface area contributed by atoms with Crippen LogP contribution >= 0.6 is 23.2 Å². The Morgan fingerprint density at radius 1 is 1.11 bits per heavy atom. The maximum atomic E-state index is 14.6. The molecule has 0 radical (unpaired) electrons. The lowest BCUT2D eigenvalue weighted by molar-refractivity contribution is -0.155. The molecule has 2 unspecified atom stereocenters. The number of carbonyl (C=O) groups is 1. The molecule has 1 aliphatic heterocycles. The van der Waals surface area contributed by atoms with Gasteiger partial charge >= 0.3 is 0 Å². The molecular weight excluding hydrogens is 539 g/mol. The summed E-state index contributed by atoms with van der Waals surface area (Å²) in [5, 5.41) is 1.27. The number of nitrogens with zero attached hydrogens (tertiary/aromatic N) is 2. The molecule has 0 aromatic heterocycles. The number of hydrogen-bond donors (Lipinski definition) is 0. The first kappa shape index (κ1) is 29.1. The van der Waals surface area contributed by atoms with Gasteiger partial charge in [0.2, 0.25) is 15.9 Å². The molecule has 1 aliphatic carbocycles. The Balaban J connectivity index is 1.92. The van der Waals surface area contributed by atoms with Gasteiger partial charge in [0.05, 0.1) is 17.7 Å². The van der Waals surface area contributed by atoms with Crippen molar-refractivity contribution < 1.29 is 13.2 Å². The second kappa shape index (κ2) is 11.3. The van der Waals surface area contributed by atoms with Crippen molar-refractivity contribution in [3.63, 3.8) is 0 Å². The molecule has 2 aromatic rings. The molecule has 2 aromatic carbocycles. The predicted octanol–water partition coefficient (Wildman–Crippen LogP) is 7.08. The molecule has 0 bridgehead atoms. The standard InChI is InChI=1S/C30H38Cl2N2O3S/c1-6-16-30(4)18-26(23-8-7-9-25(32)17-23)28(22-12-14-24(31)15-13-22)34(29(30)35)27(21-10-11-21)19-33(20(2)3)38(5,36)37/h6-9,12-15,17,20-21,26-28H,1,10-11,16,18-19H2,2-5H3/t26-,27?,28?,30+/m1/s1. The molecule has 8 heteroatoms. The molecule has 2 aliphatic rings. The number of amides is 1. The molecule has 5 nitrogen and oxygen atoms in total. The zero-order chi connectivity index (χ0) is 27.8. The van der Waals surface area contributed by atoms with E-state index >= 15 is 0 Å². The minimum Gasteiger partial charge on any atom is -0.330 e. The van der Waals surface area contributed by atoms with Crippen LogP contribution < -0.4 is 0 Å². The van der Waals surface area contributed by atoms with Crippen molar-refractivity contribution in [1.29, 1.82) is 0 Å². The average Bonchev–Trinajstić information content (AvgIpc) is 3.67. The number of sulfonamides is 1. The number of benzene rings is 2. The summed E-state index contributed by atoms with van der Waals surface area (Å²) < 4.78 is 27.2. The van der Waals surface area contributed by atoms with Crippen molar-refractivity contribution >= 4 is 39.1 Å². The summed E-state index contributed by atoms with van der Waals surface area (Å²) in [7, 11) is -3.47. The van der Waals surface area contributed by atoms with Gasteiger partial charge in [-0.05, 0) is 80.8 Å². The van der Waals surface area contributed by atoms with E-state index in [1.54, 1.807) is 0 Å². The van der Waals surface area contributed by atoms with Crippen molar-refractivity contribution in [3.05, 3.63) is 82.4 Å². The highest BCUT2D eigenvalue weighted by Gasteiger charge is 2.54. The monoisotopic (exact) mass is 576 g/mol. The van der Waals surface area contributed by atoms with E-state index in [1.165, 1.54) is 10.6 Å². The van der Waals surface area contributed by atoms with Gasteiger partial charge in [-0.1, -0.05) is 60.5 Å². The van der Waals surface area contributed by atoms with E-state index in [4.69, 9.17) is 23.2 Å². The molecule has 4 rings (SSSR count). The van der Waals surface area contributed by atoms with Gasteiger partial charge in [0.1, 0.15) is 0 Å². The minimum atomic E-state index is -3.47. The Hall–Kier alpha value is -1.86. The van der Waals surface area contributed by atoms with Gasteiger partial charge in [0.15, 0.2) is 0 Å². The van der Waals surface area contributed by atoms with Crippen molar-refractivity contribution in [2.75, 3.05) is 12.8 Å². The normalized spacial score (nSPS) is 25.2. The first-order valence-corrected chi connectivity index (χ1v) is 15.9. The lowest BCUT2D eigenvalue weighted by Crippen LogP contribution is -2.59. The lowest BCUT2D eigenvalue weighted by atomic mass is 9.67. The van der Waals surface area contributed by atoms with Crippen LogP contribution in [0.4, 0.5) is 0 Å². The van der Waals surface area contributed by atoms with Gasteiger partial charge in [0, 0.05) is 34.6 Å². The zero-order valence-electron chi connectivity index (χ0n) is 22.6. The van der Waals surface area contributed by atoms with Crippen LogP contribution in [0.2, 0.25) is 10.0 Å². The van der Waals surface area contributed by atoms with E-state index in [0.29, 0.717) is 22.9 Å². The molecule has 206 valence electrons. The molecule has 1 saturated carbocycles. The number of hydrogen-bond acceptors (Lipinski definition) is 3. The second-order valence-corrected chi connectivity index (χ2v) is 14.3. The third-order valence-corrected chi connectivity index (χ3v) is 9.99. The van der Waals surface area contributed by atoms with Crippen molar-refractivity contribution in [1.82, 2.24) is 9.21 Å². The van der Waals surface area contributed by atoms with Crippen LogP contribution in [0, 0.1) is 11.3 Å². The number of rotatable bonds is 10. The first-order valence-electron chi connectivity index (χ1n) is 13.3. The van der Waals surface area contributed by atoms with Crippen LogP contribution in [0.3, 0.4) is 0 Å². The molecule has 1 amide bonds. The molecule has 4 atom stereocenters. The zero-order valence-corrected chi connectivity index (χ0v) is 24.9. The van der Waals surface area contributed by atoms with Crippen LogP contribution in [-0.2, 0) is 14.8 Å². The Kier molecular flexibility index (Phi) is 8.68. The van der Waals surface area contributed by atoms with E-state index in [-0.39, 0.29) is 42.4 Å². The van der Waals surface area contributed by atoms with Gasteiger partial charge in [-0.15, -0.1) is 6.58 Å². The molecular formula is C30H38Cl2N2O3S. The van der Waals surface area contributed by atoms with Gasteiger partial charge < -0.3 is 4.90 Å². The Labute approximate surface area is 237 Å². The van der Waals surface area contributed by atoms with Gasteiger partial charge in [-0.2, -0.15) is 4.31 Å². The van der Waals surface area contributed by atoms with Crippen LogP contribution in [0.15, 0.2) is 61.2 Å². The molecule has 0 spiro atoms. The van der Waals surface area contributed by atoms with Crippen molar-refractivity contribution in [3.8, 4) is 0 Å². The summed E-state index contributed by atoms with van der Waals surface area (Å²) in [4.78, 5) is 16.6. The first-order chi connectivity index (χ1) is 17.9.